The van der Waals surface area contributed by atoms with Crippen LogP contribution in [0.3, 0.4) is 0 Å². The SMILES string of the molecule is CCOC(OCC)c1ncc(C(=O)OC)cn1. The number of ether oxygens (including phenoxy) is 3. The van der Waals surface area contributed by atoms with Crippen molar-refractivity contribution >= 4 is 5.97 Å². The van der Waals surface area contributed by atoms with Gasteiger partial charge in [0.1, 0.15) is 0 Å². The van der Waals surface area contributed by atoms with Gasteiger partial charge >= 0.3 is 5.97 Å². The second kappa shape index (κ2) is 6.93. The van der Waals surface area contributed by atoms with E-state index in [4.69, 9.17) is 9.47 Å². The van der Waals surface area contributed by atoms with Gasteiger partial charge in [-0.1, -0.05) is 0 Å². The number of carbonyl (C=O) groups excluding carboxylic acids is 1. The van der Waals surface area contributed by atoms with Crippen LogP contribution in [0.4, 0.5) is 0 Å². The van der Waals surface area contributed by atoms with E-state index in [0.717, 1.165) is 0 Å². The third-order valence-corrected chi connectivity index (χ3v) is 1.94. The van der Waals surface area contributed by atoms with Crippen LogP contribution in [0.25, 0.3) is 0 Å². The molecule has 0 aliphatic carbocycles. The summed E-state index contributed by atoms with van der Waals surface area (Å²) in [5.41, 5.74) is 0.294. The van der Waals surface area contributed by atoms with Gasteiger partial charge in [0, 0.05) is 25.6 Å². The molecule has 0 aliphatic heterocycles. The summed E-state index contributed by atoms with van der Waals surface area (Å²) >= 11 is 0. The first kappa shape index (κ1) is 13.5. The van der Waals surface area contributed by atoms with Crippen LogP contribution in [-0.2, 0) is 14.2 Å². The molecule has 0 fully saturated rings. The van der Waals surface area contributed by atoms with Crippen LogP contribution in [0.1, 0.15) is 36.3 Å². The van der Waals surface area contributed by atoms with Crippen molar-refractivity contribution in [1.82, 2.24) is 9.97 Å². The molecule has 0 spiro atoms. The van der Waals surface area contributed by atoms with Crippen LogP contribution in [-0.4, -0.2) is 36.3 Å². The third kappa shape index (κ3) is 3.76. The molecule has 0 amide bonds. The molecule has 0 unspecified atom stereocenters. The lowest BCUT2D eigenvalue weighted by molar-refractivity contribution is -0.145. The van der Waals surface area contributed by atoms with Gasteiger partial charge in [-0.3, -0.25) is 0 Å². The quantitative estimate of drug-likeness (QED) is 0.552. The fourth-order valence-corrected chi connectivity index (χ4v) is 1.18. The molecule has 6 nitrogen and oxygen atoms in total. The summed E-state index contributed by atoms with van der Waals surface area (Å²) in [5, 5.41) is 0. The van der Waals surface area contributed by atoms with Gasteiger partial charge in [-0.25, -0.2) is 14.8 Å². The Hall–Kier alpha value is -1.53. The third-order valence-electron chi connectivity index (χ3n) is 1.94. The van der Waals surface area contributed by atoms with E-state index in [1.807, 2.05) is 13.8 Å². The van der Waals surface area contributed by atoms with Gasteiger partial charge in [0.25, 0.3) is 0 Å². The minimum absolute atomic E-state index is 0.294. The van der Waals surface area contributed by atoms with Gasteiger partial charge in [0.2, 0.25) is 6.29 Å². The van der Waals surface area contributed by atoms with Crippen LogP contribution in [0.5, 0.6) is 0 Å². The number of rotatable bonds is 6. The molecule has 1 heterocycles. The standard InChI is InChI=1S/C11H16N2O4/c1-4-16-11(17-5-2)9-12-6-8(7-13-9)10(14)15-3/h6-7,11H,4-5H2,1-3H3. The Morgan fingerprint density at radius 1 is 1.24 bits per heavy atom. The molecule has 1 aromatic rings. The molecule has 0 aromatic carbocycles. The Morgan fingerprint density at radius 2 is 1.76 bits per heavy atom. The number of carbonyl (C=O) groups is 1. The molecule has 0 saturated carbocycles. The van der Waals surface area contributed by atoms with Crippen molar-refractivity contribution in [2.45, 2.75) is 20.1 Å². The first-order chi connectivity index (χ1) is 8.22. The number of hydrogen-bond donors (Lipinski definition) is 0. The first-order valence-corrected chi connectivity index (χ1v) is 5.36. The van der Waals surface area contributed by atoms with E-state index in [0.29, 0.717) is 24.6 Å². The van der Waals surface area contributed by atoms with Gasteiger partial charge < -0.3 is 14.2 Å². The zero-order valence-corrected chi connectivity index (χ0v) is 10.2. The summed E-state index contributed by atoms with van der Waals surface area (Å²) in [7, 11) is 1.30. The number of methoxy groups -OCH3 is 1. The topological polar surface area (TPSA) is 70.5 Å². The highest BCUT2D eigenvalue weighted by Gasteiger charge is 2.15. The average molecular weight is 240 g/mol. The normalized spacial score (nSPS) is 10.6. The Kier molecular flexibility index (Phi) is 5.51. The predicted octanol–water partition coefficient (Wildman–Crippen LogP) is 1.33. The molecule has 0 bridgehead atoms. The second-order valence-electron chi connectivity index (χ2n) is 3.06. The smallest absolute Gasteiger partial charge is 0.341 e. The van der Waals surface area contributed by atoms with E-state index in [9.17, 15) is 4.79 Å². The minimum atomic E-state index is -0.600. The molecule has 0 radical (unpaired) electrons. The monoisotopic (exact) mass is 240 g/mol. The predicted molar refractivity (Wildman–Crippen MR) is 59.4 cm³/mol. The molecule has 1 aromatic heterocycles. The Labute approximate surface area is 99.9 Å². The van der Waals surface area contributed by atoms with Crippen molar-refractivity contribution < 1.29 is 19.0 Å². The Morgan fingerprint density at radius 3 is 2.18 bits per heavy atom. The molecular weight excluding hydrogens is 224 g/mol. The molecule has 94 valence electrons. The second-order valence-corrected chi connectivity index (χ2v) is 3.06. The molecule has 6 heteroatoms. The zero-order chi connectivity index (χ0) is 12.7. The van der Waals surface area contributed by atoms with Crippen molar-refractivity contribution in [3.8, 4) is 0 Å². The number of nitrogens with zero attached hydrogens (tertiary/aromatic N) is 2. The van der Waals surface area contributed by atoms with Gasteiger partial charge in [-0.2, -0.15) is 0 Å². The summed E-state index contributed by atoms with van der Waals surface area (Å²) < 4.78 is 15.2. The number of aromatic nitrogens is 2. The summed E-state index contributed by atoms with van der Waals surface area (Å²) in [4.78, 5) is 19.2. The van der Waals surface area contributed by atoms with Crippen LogP contribution in [0.2, 0.25) is 0 Å². The van der Waals surface area contributed by atoms with Gasteiger partial charge in [0.15, 0.2) is 5.82 Å². The van der Waals surface area contributed by atoms with Gasteiger partial charge in [-0.15, -0.1) is 0 Å². The number of esters is 1. The van der Waals surface area contributed by atoms with Crippen LogP contribution >= 0.6 is 0 Å². The van der Waals surface area contributed by atoms with E-state index in [1.165, 1.54) is 19.5 Å². The first-order valence-electron chi connectivity index (χ1n) is 5.36. The lowest BCUT2D eigenvalue weighted by Gasteiger charge is -2.14. The fraction of sp³-hybridized carbons (Fsp3) is 0.545. The van der Waals surface area contributed by atoms with Crippen molar-refractivity contribution in [2.24, 2.45) is 0 Å². The largest absolute Gasteiger partial charge is 0.465 e. The van der Waals surface area contributed by atoms with E-state index in [-0.39, 0.29) is 0 Å². The summed E-state index contributed by atoms with van der Waals surface area (Å²) in [6.45, 7) is 4.70. The molecule has 0 N–H and O–H groups in total. The molecule has 0 aliphatic rings. The Bertz CT molecular complexity index is 347. The van der Waals surface area contributed by atoms with E-state index in [2.05, 4.69) is 14.7 Å². The molecule has 1 rings (SSSR count). The fourth-order valence-electron chi connectivity index (χ4n) is 1.18. The molecule has 17 heavy (non-hydrogen) atoms. The Balaban J connectivity index is 2.80. The average Bonchev–Trinajstić information content (AvgIpc) is 2.38. The van der Waals surface area contributed by atoms with Crippen molar-refractivity contribution in [1.29, 1.82) is 0 Å². The van der Waals surface area contributed by atoms with Crippen LogP contribution < -0.4 is 0 Å². The lowest BCUT2D eigenvalue weighted by atomic mass is 10.3. The maximum Gasteiger partial charge on any atom is 0.341 e. The van der Waals surface area contributed by atoms with E-state index >= 15 is 0 Å². The maximum absolute atomic E-state index is 11.2. The highest BCUT2D eigenvalue weighted by molar-refractivity contribution is 5.88. The molecule has 0 saturated heterocycles. The summed E-state index contributed by atoms with van der Waals surface area (Å²) in [5.74, 6) is -0.0812. The summed E-state index contributed by atoms with van der Waals surface area (Å²) in [6.07, 6.45) is 2.18. The van der Waals surface area contributed by atoms with Crippen LogP contribution in [0.15, 0.2) is 12.4 Å². The van der Waals surface area contributed by atoms with Gasteiger partial charge in [0.05, 0.1) is 12.7 Å². The van der Waals surface area contributed by atoms with E-state index < -0.39 is 12.3 Å². The molecule has 0 atom stereocenters. The lowest BCUT2D eigenvalue weighted by Crippen LogP contribution is -2.13. The zero-order valence-electron chi connectivity index (χ0n) is 10.2. The number of hydrogen-bond acceptors (Lipinski definition) is 6. The highest BCUT2D eigenvalue weighted by Crippen LogP contribution is 2.14. The highest BCUT2D eigenvalue weighted by atomic mass is 16.7. The summed E-state index contributed by atoms with van der Waals surface area (Å²) in [6, 6.07) is 0. The van der Waals surface area contributed by atoms with Crippen LogP contribution in [0, 0.1) is 0 Å². The maximum atomic E-state index is 11.2. The van der Waals surface area contributed by atoms with Crippen molar-refractivity contribution in [3.05, 3.63) is 23.8 Å². The molecular formula is C11H16N2O4. The minimum Gasteiger partial charge on any atom is -0.465 e. The van der Waals surface area contributed by atoms with E-state index in [1.54, 1.807) is 0 Å². The van der Waals surface area contributed by atoms with Crippen molar-refractivity contribution in [2.75, 3.05) is 20.3 Å². The van der Waals surface area contributed by atoms with Crippen molar-refractivity contribution in [3.63, 3.8) is 0 Å². The van der Waals surface area contributed by atoms with Gasteiger partial charge in [-0.05, 0) is 13.8 Å².